The first-order valence-corrected chi connectivity index (χ1v) is 21.7. The highest BCUT2D eigenvalue weighted by Crippen LogP contribution is 2.45. The van der Waals surface area contributed by atoms with Crippen molar-refractivity contribution >= 4 is 53.3 Å². The topological polar surface area (TPSA) is 43.6 Å². The first kappa shape index (κ1) is 35.9. The quantitative estimate of drug-likeness (QED) is 0.161. The van der Waals surface area contributed by atoms with Gasteiger partial charge >= 0.3 is 0 Å². The molecule has 62 heavy (non-hydrogen) atoms. The molecule has 12 aromatic rings. The number of nitrogens with zero attached hydrogens (tertiary/aromatic N) is 4. The van der Waals surface area contributed by atoms with Gasteiger partial charge in [0.05, 0.1) is 11.0 Å². The van der Waals surface area contributed by atoms with Crippen LogP contribution in [0.15, 0.2) is 218 Å². The third-order valence-electron chi connectivity index (χ3n) is 11.8. The molecular weight excluding hydrogens is 773 g/mol. The predicted molar refractivity (Wildman–Crippen MR) is 260 cm³/mol. The molecule has 290 valence electrons. The Balaban J connectivity index is 1.13. The van der Waals surface area contributed by atoms with Crippen molar-refractivity contribution in [3.8, 4) is 73.2 Å². The Bertz CT molecular complexity index is 3560. The van der Waals surface area contributed by atoms with Crippen molar-refractivity contribution in [3.63, 3.8) is 0 Å². The molecule has 9 aromatic carbocycles. The highest BCUT2D eigenvalue weighted by molar-refractivity contribution is 7.26. The number of hydrogen-bond donors (Lipinski definition) is 0. The summed E-state index contributed by atoms with van der Waals surface area (Å²) in [7, 11) is 0. The molecule has 0 N–H and O–H groups in total. The Morgan fingerprint density at radius 2 is 0.871 bits per heavy atom. The van der Waals surface area contributed by atoms with Crippen LogP contribution >= 0.6 is 11.3 Å². The smallest absolute Gasteiger partial charge is 0.164 e. The van der Waals surface area contributed by atoms with Crippen molar-refractivity contribution in [2.75, 3.05) is 0 Å². The number of rotatable bonds is 7. The molecule has 0 radical (unpaired) electrons. The predicted octanol–water partition coefficient (Wildman–Crippen LogP) is 15.3. The van der Waals surface area contributed by atoms with E-state index in [4.69, 9.17) is 15.0 Å². The Labute approximate surface area is 362 Å². The van der Waals surface area contributed by atoms with Crippen LogP contribution in [0.3, 0.4) is 0 Å². The highest BCUT2D eigenvalue weighted by Gasteiger charge is 2.21. The second-order valence-electron chi connectivity index (χ2n) is 15.6. The van der Waals surface area contributed by atoms with E-state index in [1.165, 1.54) is 53.2 Å². The van der Waals surface area contributed by atoms with E-state index in [0.29, 0.717) is 17.5 Å². The second-order valence-corrected chi connectivity index (χ2v) is 16.6. The Morgan fingerprint density at radius 3 is 1.56 bits per heavy atom. The third-order valence-corrected chi connectivity index (χ3v) is 13.1. The van der Waals surface area contributed by atoms with Crippen molar-refractivity contribution in [3.05, 3.63) is 218 Å². The second kappa shape index (κ2) is 14.9. The van der Waals surface area contributed by atoms with Crippen LogP contribution < -0.4 is 0 Å². The van der Waals surface area contributed by atoms with Gasteiger partial charge in [-0.15, -0.1) is 11.3 Å². The lowest BCUT2D eigenvalue weighted by Gasteiger charge is -2.15. The first-order valence-electron chi connectivity index (χ1n) is 20.8. The maximum atomic E-state index is 5.11. The molecule has 0 bridgehead atoms. The van der Waals surface area contributed by atoms with Crippen molar-refractivity contribution in [1.29, 1.82) is 0 Å². The van der Waals surface area contributed by atoms with Gasteiger partial charge in [-0.1, -0.05) is 176 Å². The molecule has 0 aliphatic heterocycles. The highest BCUT2D eigenvalue weighted by atomic mass is 32.1. The van der Waals surface area contributed by atoms with Gasteiger partial charge in [0.15, 0.2) is 17.5 Å². The van der Waals surface area contributed by atoms with E-state index >= 15 is 0 Å². The van der Waals surface area contributed by atoms with Gasteiger partial charge < -0.3 is 4.57 Å². The number of fused-ring (bicyclic) bond motifs is 6. The molecular formula is C57H36N4S. The van der Waals surface area contributed by atoms with E-state index in [1.807, 2.05) is 72.0 Å². The molecule has 0 atom stereocenters. The number of aromatic nitrogens is 4. The molecule has 0 fully saturated rings. The van der Waals surface area contributed by atoms with E-state index in [2.05, 4.69) is 162 Å². The lowest BCUT2D eigenvalue weighted by Crippen LogP contribution is -2.01. The third kappa shape index (κ3) is 6.18. The van der Waals surface area contributed by atoms with E-state index < -0.39 is 0 Å². The normalized spacial score (nSPS) is 11.5. The van der Waals surface area contributed by atoms with E-state index in [9.17, 15) is 0 Å². The van der Waals surface area contributed by atoms with Crippen molar-refractivity contribution in [2.24, 2.45) is 0 Å². The molecule has 0 saturated carbocycles. The number of hydrogen-bond acceptors (Lipinski definition) is 4. The minimum Gasteiger partial charge on any atom is -0.309 e. The summed E-state index contributed by atoms with van der Waals surface area (Å²) in [4.78, 5) is 15.2. The average molecular weight is 809 g/mol. The van der Waals surface area contributed by atoms with Crippen molar-refractivity contribution in [2.45, 2.75) is 0 Å². The molecule has 0 aliphatic rings. The van der Waals surface area contributed by atoms with Gasteiger partial charge in [-0.2, -0.15) is 0 Å². The zero-order valence-corrected chi connectivity index (χ0v) is 34.3. The zero-order valence-electron chi connectivity index (χ0n) is 33.5. The van der Waals surface area contributed by atoms with Crippen LogP contribution in [0.4, 0.5) is 0 Å². The summed E-state index contributed by atoms with van der Waals surface area (Å²) < 4.78 is 5.05. The largest absolute Gasteiger partial charge is 0.309 e. The van der Waals surface area contributed by atoms with E-state index in [0.717, 1.165) is 44.5 Å². The van der Waals surface area contributed by atoms with Crippen LogP contribution in [0.5, 0.6) is 0 Å². The fraction of sp³-hybridized carbons (Fsp3) is 0. The number of benzene rings is 9. The minimum absolute atomic E-state index is 0.619. The Kier molecular flexibility index (Phi) is 8.65. The van der Waals surface area contributed by atoms with Gasteiger partial charge in [-0.3, -0.25) is 0 Å². The lowest BCUT2D eigenvalue weighted by molar-refractivity contribution is 1.07. The van der Waals surface area contributed by atoms with Gasteiger partial charge in [0.2, 0.25) is 0 Å². The number of thiophene rings is 1. The van der Waals surface area contributed by atoms with Gasteiger partial charge in [0.1, 0.15) is 0 Å². The zero-order chi connectivity index (χ0) is 41.0. The fourth-order valence-electron chi connectivity index (χ4n) is 8.91. The van der Waals surface area contributed by atoms with Gasteiger partial charge in [0.25, 0.3) is 0 Å². The summed E-state index contributed by atoms with van der Waals surface area (Å²) in [6.07, 6.45) is 0. The maximum absolute atomic E-state index is 5.11. The summed E-state index contributed by atoms with van der Waals surface area (Å²) in [5, 5.41) is 4.98. The fourth-order valence-corrected chi connectivity index (χ4v) is 10.2. The molecule has 3 aromatic heterocycles. The van der Waals surface area contributed by atoms with E-state index in [-0.39, 0.29) is 0 Å². The van der Waals surface area contributed by atoms with Crippen molar-refractivity contribution < 1.29 is 0 Å². The van der Waals surface area contributed by atoms with E-state index in [1.54, 1.807) is 0 Å². The van der Waals surface area contributed by atoms with Gasteiger partial charge in [-0.25, -0.2) is 15.0 Å². The molecule has 0 saturated heterocycles. The van der Waals surface area contributed by atoms with Crippen LogP contribution in [0.2, 0.25) is 0 Å². The molecule has 3 heterocycles. The van der Waals surface area contributed by atoms with Crippen LogP contribution in [0, 0.1) is 0 Å². The monoisotopic (exact) mass is 808 g/mol. The summed E-state index contributed by atoms with van der Waals surface area (Å²) in [6, 6.07) is 77.7. The van der Waals surface area contributed by atoms with Gasteiger partial charge in [-0.05, 0) is 70.3 Å². The lowest BCUT2D eigenvalue weighted by atomic mass is 9.95. The van der Waals surface area contributed by atoms with Crippen LogP contribution in [-0.2, 0) is 0 Å². The Morgan fingerprint density at radius 1 is 0.323 bits per heavy atom. The molecule has 5 heteroatoms. The molecule has 0 spiro atoms. The van der Waals surface area contributed by atoms with Crippen LogP contribution in [0.25, 0.3) is 115 Å². The molecule has 0 aliphatic carbocycles. The first-order chi connectivity index (χ1) is 30.7. The van der Waals surface area contributed by atoms with Crippen molar-refractivity contribution in [1.82, 2.24) is 19.5 Å². The standard InChI is InChI=1S/C57H36N4S/c1-5-17-37(18-6-1)43-35-48(38-19-7-2-8-20-38)53-50(36-43)49-34-41(45-28-16-29-47-46-27-13-14-30-52(46)62-54(45)47)31-32-51(49)61(53)44-26-15-25-42(33-44)57-59-55(39-21-9-3-10-22-39)58-56(60-57)40-23-11-4-12-24-40/h1-36H. The molecule has 0 unspecified atom stereocenters. The summed E-state index contributed by atoms with van der Waals surface area (Å²) >= 11 is 1.87. The molecule has 0 amide bonds. The minimum atomic E-state index is 0.619. The summed E-state index contributed by atoms with van der Waals surface area (Å²) in [6.45, 7) is 0. The molecule has 4 nitrogen and oxygen atoms in total. The average Bonchev–Trinajstić information content (AvgIpc) is 3.90. The Hall–Kier alpha value is -7.99. The molecule has 12 rings (SSSR count). The summed E-state index contributed by atoms with van der Waals surface area (Å²) in [5.41, 5.74) is 13.2. The SMILES string of the molecule is c1ccc(-c2cc(-c3ccccc3)c3c(c2)c2cc(-c4cccc5c4sc4ccccc45)ccc2n3-c2cccc(-c3nc(-c4ccccc4)nc(-c4ccccc4)n3)c2)cc1. The van der Waals surface area contributed by atoms with Crippen LogP contribution in [-0.4, -0.2) is 19.5 Å². The van der Waals surface area contributed by atoms with Gasteiger partial charge in [0, 0.05) is 58.9 Å². The maximum Gasteiger partial charge on any atom is 0.164 e. The van der Waals surface area contributed by atoms with Crippen LogP contribution in [0.1, 0.15) is 0 Å². The summed E-state index contributed by atoms with van der Waals surface area (Å²) in [5.74, 6) is 1.89.